The number of fused-ring (bicyclic) bond motifs is 1. The molecule has 1 heterocycles. The first-order valence-electron chi connectivity index (χ1n) is 4.69. The molecule has 1 aliphatic rings. The minimum absolute atomic E-state index is 0.491. The Hall–Kier alpha value is -1.02. The number of rotatable bonds is 1. The van der Waals surface area contributed by atoms with Gasteiger partial charge in [0.25, 0.3) is 5.91 Å². The van der Waals surface area contributed by atoms with Crippen molar-refractivity contribution in [2.75, 3.05) is 0 Å². The van der Waals surface area contributed by atoms with Crippen LogP contribution in [0.2, 0.25) is 0 Å². The zero-order valence-corrected chi connectivity index (χ0v) is 9.22. The first-order valence-corrected chi connectivity index (χ1v) is 5.27. The first kappa shape index (κ1) is 10.5. The molecule has 1 aliphatic heterocycles. The van der Waals surface area contributed by atoms with Crippen LogP contribution in [0.25, 0.3) is 0 Å². The fraction of sp³-hybridized carbons (Fsp3) is 0.300. The van der Waals surface area contributed by atoms with Crippen molar-refractivity contribution in [2.24, 2.45) is 0 Å². The monoisotopic (exact) mass is 219 g/mol. The number of hydrogen-bond acceptors (Lipinski definition) is 3. The van der Waals surface area contributed by atoms with Crippen LogP contribution in [0.4, 0.5) is 0 Å². The van der Waals surface area contributed by atoms with Gasteiger partial charge in [-0.15, -0.1) is 4.43 Å². The minimum atomic E-state index is -0.589. The standard InChI is InChI=1S/C10H10NO3.Al/c12-10(11-13)9-6-5-7-3-1-2-4-8(7)14-9;/h1,3-4,9,13H,5-6H2,(H,11,12);. The van der Waals surface area contributed by atoms with Crippen LogP contribution in [0.15, 0.2) is 18.2 Å². The average Bonchev–Trinajstić information content (AvgIpc) is 2.27. The van der Waals surface area contributed by atoms with E-state index < -0.39 is 12.0 Å². The van der Waals surface area contributed by atoms with Crippen LogP contribution >= 0.6 is 0 Å². The Bertz CT molecular complexity index is 394. The lowest BCUT2D eigenvalue weighted by molar-refractivity contribution is -0.137. The SMILES string of the molecule is O=C(NO)C1CCc2cc[c]([Al])cc2O1. The molecule has 0 spiro atoms. The third-order valence-electron chi connectivity index (χ3n) is 2.44. The summed E-state index contributed by atoms with van der Waals surface area (Å²) < 4.78 is 6.49. The van der Waals surface area contributed by atoms with Gasteiger partial charge >= 0.3 is 0 Å². The summed E-state index contributed by atoms with van der Waals surface area (Å²) in [5.74, 6) is 0.233. The van der Waals surface area contributed by atoms with Gasteiger partial charge in [0, 0.05) is 0 Å². The van der Waals surface area contributed by atoms with Crippen molar-refractivity contribution in [3.63, 3.8) is 0 Å². The summed E-state index contributed by atoms with van der Waals surface area (Å²) in [6, 6.07) is 5.85. The van der Waals surface area contributed by atoms with Gasteiger partial charge in [0.2, 0.25) is 0 Å². The van der Waals surface area contributed by atoms with E-state index in [2.05, 4.69) is 16.3 Å². The van der Waals surface area contributed by atoms with Crippen LogP contribution in [0, 0.1) is 0 Å². The molecule has 1 atom stereocenters. The highest BCUT2D eigenvalue weighted by atomic mass is 27.0. The summed E-state index contributed by atoms with van der Waals surface area (Å²) in [4.78, 5) is 11.2. The molecule has 0 fully saturated rings. The van der Waals surface area contributed by atoms with Gasteiger partial charge < -0.3 is 4.74 Å². The van der Waals surface area contributed by atoms with Crippen LogP contribution in [-0.2, 0) is 11.2 Å². The van der Waals surface area contributed by atoms with E-state index in [1.165, 1.54) is 0 Å². The maximum atomic E-state index is 11.2. The number of carbonyl (C=O) groups excluding carboxylic acids is 1. The molecule has 1 aromatic carbocycles. The van der Waals surface area contributed by atoms with E-state index in [0.717, 1.165) is 22.2 Å². The fourth-order valence-corrected chi connectivity index (χ4v) is 1.89. The first-order chi connectivity index (χ1) is 7.20. The molecule has 1 amide bonds. The van der Waals surface area contributed by atoms with E-state index in [1.54, 1.807) is 5.48 Å². The molecule has 0 bridgehead atoms. The quantitative estimate of drug-likeness (QED) is 0.386. The highest BCUT2D eigenvalue weighted by Gasteiger charge is 2.25. The topological polar surface area (TPSA) is 58.6 Å². The molecule has 15 heavy (non-hydrogen) atoms. The number of aryl methyl sites for hydroxylation is 1. The predicted molar refractivity (Wildman–Crippen MR) is 54.5 cm³/mol. The number of ether oxygens (including phenoxy) is 1. The van der Waals surface area contributed by atoms with Gasteiger partial charge in [0.1, 0.15) is 5.75 Å². The molecule has 2 radical (unpaired) electrons. The lowest BCUT2D eigenvalue weighted by Gasteiger charge is -2.24. The van der Waals surface area contributed by atoms with Crippen LogP contribution in [-0.4, -0.2) is 33.5 Å². The van der Waals surface area contributed by atoms with E-state index >= 15 is 0 Å². The third kappa shape index (κ3) is 2.15. The van der Waals surface area contributed by atoms with Crippen LogP contribution < -0.4 is 14.6 Å². The molecule has 1 aromatic rings. The predicted octanol–water partition coefficient (Wildman–Crippen LogP) is -0.321. The van der Waals surface area contributed by atoms with E-state index in [9.17, 15) is 4.79 Å². The number of benzene rings is 1. The molecule has 0 aromatic heterocycles. The summed E-state index contributed by atoms with van der Waals surface area (Å²) in [5, 5.41) is 8.51. The summed E-state index contributed by atoms with van der Waals surface area (Å²) in [7, 11) is 0. The Labute approximate surface area is 95.6 Å². The zero-order valence-electron chi connectivity index (χ0n) is 8.06. The van der Waals surface area contributed by atoms with Crippen molar-refractivity contribution < 1.29 is 14.7 Å². The minimum Gasteiger partial charge on any atom is -0.480 e. The van der Waals surface area contributed by atoms with Crippen molar-refractivity contribution in [1.82, 2.24) is 5.48 Å². The van der Waals surface area contributed by atoms with Gasteiger partial charge in [-0.1, -0.05) is 12.1 Å². The third-order valence-corrected chi connectivity index (χ3v) is 2.80. The molecule has 1 unspecified atom stereocenters. The van der Waals surface area contributed by atoms with E-state index in [1.807, 2.05) is 18.2 Å². The Kier molecular flexibility index (Phi) is 2.96. The largest absolute Gasteiger partial charge is 0.480 e. The van der Waals surface area contributed by atoms with E-state index in [-0.39, 0.29) is 0 Å². The van der Waals surface area contributed by atoms with Gasteiger partial charge in [-0.05, 0) is 24.5 Å². The molecule has 5 heteroatoms. The lowest BCUT2D eigenvalue weighted by Crippen LogP contribution is -2.39. The summed E-state index contributed by atoms with van der Waals surface area (Å²) in [6.07, 6.45) is 0.794. The summed E-state index contributed by atoms with van der Waals surface area (Å²) in [5.41, 5.74) is 2.71. The fourth-order valence-electron chi connectivity index (χ4n) is 1.64. The molecule has 4 nitrogen and oxygen atoms in total. The second kappa shape index (κ2) is 4.23. The van der Waals surface area contributed by atoms with Crippen LogP contribution in [0.1, 0.15) is 12.0 Å². The zero-order chi connectivity index (χ0) is 10.8. The summed E-state index contributed by atoms with van der Waals surface area (Å²) in [6.45, 7) is 0. The van der Waals surface area contributed by atoms with Crippen molar-refractivity contribution in [3.8, 4) is 5.75 Å². The van der Waals surface area contributed by atoms with Gasteiger partial charge in [0.05, 0.1) is 0 Å². The van der Waals surface area contributed by atoms with Crippen molar-refractivity contribution in [2.45, 2.75) is 18.9 Å². The second-order valence-electron chi connectivity index (χ2n) is 3.49. The number of hydrogen-bond donors (Lipinski definition) is 2. The normalized spacial score (nSPS) is 18.9. The van der Waals surface area contributed by atoms with E-state index in [4.69, 9.17) is 9.94 Å². The number of nitrogens with one attached hydrogen (secondary N) is 1. The van der Waals surface area contributed by atoms with Crippen molar-refractivity contribution >= 4 is 26.6 Å². The molecule has 76 valence electrons. The maximum absolute atomic E-state index is 11.2. The molecular formula is C10H10AlNO3. The highest BCUT2D eigenvalue weighted by molar-refractivity contribution is 6.32. The summed E-state index contributed by atoms with van der Waals surface area (Å²) >= 11 is 2.58. The maximum Gasteiger partial charge on any atom is 0.284 e. The van der Waals surface area contributed by atoms with Crippen LogP contribution in [0.3, 0.4) is 0 Å². The van der Waals surface area contributed by atoms with E-state index in [0.29, 0.717) is 6.42 Å². The molecular weight excluding hydrogens is 209 g/mol. The number of carbonyl (C=O) groups is 1. The van der Waals surface area contributed by atoms with Crippen molar-refractivity contribution in [1.29, 1.82) is 0 Å². The molecule has 0 saturated carbocycles. The Morgan fingerprint density at radius 3 is 3.13 bits per heavy atom. The highest BCUT2D eigenvalue weighted by Crippen LogP contribution is 2.26. The Morgan fingerprint density at radius 1 is 1.60 bits per heavy atom. The van der Waals surface area contributed by atoms with Gasteiger partial charge in [-0.3, -0.25) is 10.0 Å². The molecule has 0 saturated heterocycles. The second-order valence-corrected chi connectivity index (χ2v) is 4.16. The number of hydroxylamine groups is 1. The smallest absolute Gasteiger partial charge is 0.284 e. The molecule has 2 rings (SSSR count). The van der Waals surface area contributed by atoms with Crippen molar-refractivity contribution in [3.05, 3.63) is 23.8 Å². The Balaban J connectivity index is 2.22. The number of amides is 1. The van der Waals surface area contributed by atoms with Gasteiger partial charge in [0.15, 0.2) is 22.4 Å². The molecule has 0 aliphatic carbocycles. The van der Waals surface area contributed by atoms with Crippen LogP contribution in [0.5, 0.6) is 5.75 Å². The van der Waals surface area contributed by atoms with Gasteiger partial charge in [-0.2, -0.15) is 0 Å². The Morgan fingerprint density at radius 2 is 2.40 bits per heavy atom. The van der Waals surface area contributed by atoms with Gasteiger partial charge in [-0.25, -0.2) is 5.48 Å². The average molecular weight is 219 g/mol. The lowest BCUT2D eigenvalue weighted by atomic mass is 10.0. The molecule has 2 N–H and O–H groups in total.